The van der Waals surface area contributed by atoms with Crippen molar-refractivity contribution in [2.45, 2.75) is 39.5 Å². The Morgan fingerprint density at radius 3 is 2.85 bits per heavy atom. The lowest BCUT2D eigenvalue weighted by Crippen LogP contribution is -2.27. The van der Waals surface area contributed by atoms with Crippen LogP contribution in [0.1, 0.15) is 38.7 Å². The molecule has 20 heavy (non-hydrogen) atoms. The standard InChI is InChI=1S/C18H21NO/c1-18(2)10-5-7-15(18)17(20)12-13-9-11-19-16-8-4-3-6-14(13)16/h3-4,6,8-9,11,15H,5,7,10,12H2,1-2H3. The predicted octanol–water partition coefficient (Wildman–Crippen LogP) is 4.17. The summed E-state index contributed by atoms with van der Waals surface area (Å²) >= 11 is 0. The number of nitrogens with zero attached hydrogens (tertiary/aromatic N) is 1. The van der Waals surface area contributed by atoms with Crippen LogP contribution in [0.2, 0.25) is 0 Å². The monoisotopic (exact) mass is 267 g/mol. The van der Waals surface area contributed by atoms with E-state index in [9.17, 15) is 4.79 Å². The van der Waals surface area contributed by atoms with Crippen LogP contribution in [-0.4, -0.2) is 10.8 Å². The van der Waals surface area contributed by atoms with Crippen LogP contribution in [0.5, 0.6) is 0 Å². The lowest BCUT2D eigenvalue weighted by molar-refractivity contribution is -0.124. The number of benzene rings is 1. The number of carbonyl (C=O) groups is 1. The van der Waals surface area contributed by atoms with Crippen molar-refractivity contribution in [3.8, 4) is 0 Å². The highest BCUT2D eigenvalue weighted by Gasteiger charge is 2.38. The van der Waals surface area contributed by atoms with Crippen LogP contribution in [0.15, 0.2) is 36.5 Å². The third kappa shape index (κ3) is 2.35. The highest BCUT2D eigenvalue weighted by molar-refractivity contribution is 5.90. The Kier molecular flexibility index (Phi) is 3.33. The lowest BCUT2D eigenvalue weighted by Gasteiger charge is -2.25. The van der Waals surface area contributed by atoms with Gasteiger partial charge in [-0.2, -0.15) is 0 Å². The van der Waals surface area contributed by atoms with Gasteiger partial charge in [-0.25, -0.2) is 0 Å². The molecule has 2 aromatic rings. The number of para-hydroxylation sites is 1. The number of Topliss-reactive ketones (excluding diaryl/α,β-unsaturated/α-hetero) is 1. The minimum absolute atomic E-state index is 0.167. The van der Waals surface area contributed by atoms with Gasteiger partial charge in [0.25, 0.3) is 0 Å². The maximum atomic E-state index is 12.7. The molecule has 0 saturated heterocycles. The number of ketones is 1. The first kappa shape index (κ1) is 13.3. The molecule has 1 heterocycles. The molecule has 0 radical (unpaired) electrons. The summed E-state index contributed by atoms with van der Waals surface area (Å²) in [4.78, 5) is 17.0. The Balaban J connectivity index is 1.88. The second-order valence-corrected chi connectivity index (χ2v) is 6.56. The van der Waals surface area contributed by atoms with Crippen molar-refractivity contribution in [2.75, 3.05) is 0 Å². The maximum Gasteiger partial charge on any atom is 0.140 e. The molecule has 1 aromatic carbocycles. The molecule has 0 amide bonds. The molecule has 0 N–H and O–H groups in total. The van der Waals surface area contributed by atoms with Gasteiger partial charge >= 0.3 is 0 Å². The molecule has 1 aliphatic rings. The van der Waals surface area contributed by atoms with Crippen molar-refractivity contribution in [1.82, 2.24) is 4.98 Å². The summed E-state index contributed by atoms with van der Waals surface area (Å²) in [6, 6.07) is 10.0. The minimum atomic E-state index is 0.167. The van der Waals surface area contributed by atoms with Gasteiger partial charge in [0.15, 0.2) is 0 Å². The summed E-state index contributed by atoms with van der Waals surface area (Å²) in [6.45, 7) is 4.46. The number of fused-ring (bicyclic) bond motifs is 1. The van der Waals surface area contributed by atoms with E-state index in [1.54, 1.807) is 0 Å². The van der Waals surface area contributed by atoms with Gasteiger partial charge in [0, 0.05) is 23.9 Å². The van der Waals surface area contributed by atoms with Crippen molar-refractivity contribution in [3.05, 3.63) is 42.1 Å². The molecular weight excluding hydrogens is 246 g/mol. The number of pyridine rings is 1. The fourth-order valence-corrected chi connectivity index (χ4v) is 3.54. The van der Waals surface area contributed by atoms with E-state index in [2.05, 4.69) is 24.9 Å². The van der Waals surface area contributed by atoms with Crippen LogP contribution in [0, 0.1) is 11.3 Å². The Morgan fingerprint density at radius 2 is 2.10 bits per heavy atom. The molecule has 2 heteroatoms. The average Bonchev–Trinajstić information content (AvgIpc) is 2.79. The van der Waals surface area contributed by atoms with E-state index in [1.807, 2.05) is 30.5 Å². The zero-order valence-electron chi connectivity index (χ0n) is 12.2. The quantitative estimate of drug-likeness (QED) is 0.835. The first-order valence-corrected chi connectivity index (χ1v) is 7.43. The number of hydrogen-bond acceptors (Lipinski definition) is 2. The van der Waals surface area contributed by atoms with Gasteiger partial charge in [-0.1, -0.05) is 38.5 Å². The number of aromatic nitrogens is 1. The van der Waals surface area contributed by atoms with E-state index < -0.39 is 0 Å². The van der Waals surface area contributed by atoms with E-state index >= 15 is 0 Å². The summed E-state index contributed by atoms with van der Waals surface area (Å²) in [6.07, 6.45) is 5.75. The van der Waals surface area contributed by atoms with Crippen molar-refractivity contribution >= 4 is 16.7 Å². The fraction of sp³-hybridized carbons (Fsp3) is 0.444. The molecule has 0 spiro atoms. The van der Waals surface area contributed by atoms with Crippen molar-refractivity contribution in [3.63, 3.8) is 0 Å². The molecule has 0 aliphatic heterocycles. The van der Waals surface area contributed by atoms with Crippen LogP contribution in [-0.2, 0) is 11.2 Å². The summed E-state index contributed by atoms with van der Waals surface area (Å²) in [5.74, 6) is 0.610. The smallest absolute Gasteiger partial charge is 0.140 e. The fourth-order valence-electron chi connectivity index (χ4n) is 3.54. The van der Waals surface area contributed by atoms with Crippen LogP contribution in [0.25, 0.3) is 10.9 Å². The summed E-state index contributed by atoms with van der Waals surface area (Å²) in [7, 11) is 0. The predicted molar refractivity (Wildman–Crippen MR) is 81.6 cm³/mol. The molecule has 1 unspecified atom stereocenters. The molecule has 1 fully saturated rings. The molecule has 1 aromatic heterocycles. The highest BCUT2D eigenvalue weighted by atomic mass is 16.1. The van der Waals surface area contributed by atoms with Crippen molar-refractivity contribution in [2.24, 2.45) is 11.3 Å². The number of carbonyl (C=O) groups excluding carboxylic acids is 1. The second-order valence-electron chi connectivity index (χ2n) is 6.56. The maximum absolute atomic E-state index is 12.7. The topological polar surface area (TPSA) is 30.0 Å². The van der Waals surface area contributed by atoms with Crippen molar-refractivity contribution in [1.29, 1.82) is 0 Å². The molecule has 2 nitrogen and oxygen atoms in total. The van der Waals surface area contributed by atoms with Gasteiger partial charge in [0.2, 0.25) is 0 Å². The van der Waals surface area contributed by atoms with Crippen molar-refractivity contribution < 1.29 is 4.79 Å². The molecule has 1 atom stereocenters. The third-order valence-electron chi connectivity index (χ3n) is 4.75. The van der Waals surface area contributed by atoms with E-state index in [0.29, 0.717) is 12.2 Å². The molecule has 1 aliphatic carbocycles. The van der Waals surface area contributed by atoms with E-state index in [4.69, 9.17) is 0 Å². The summed E-state index contributed by atoms with van der Waals surface area (Å²) in [5, 5.41) is 1.11. The Morgan fingerprint density at radius 1 is 1.30 bits per heavy atom. The third-order valence-corrected chi connectivity index (χ3v) is 4.75. The molecule has 1 saturated carbocycles. The molecule has 104 valence electrons. The largest absolute Gasteiger partial charge is 0.299 e. The van der Waals surface area contributed by atoms with Crippen LogP contribution in [0.3, 0.4) is 0 Å². The SMILES string of the molecule is CC1(C)CCCC1C(=O)Cc1ccnc2ccccc12. The Bertz CT molecular complexity index is 639. The van der Waals surface area contributed by atoms with Crippen LogP contribution < -0.4 is 0 Å². The van der Waals surface area contributed by atoms with E-state index in [1.165, 1.54) is 12.8 Å². The van der Waals surface area contributed by atoms with Gasteiger partial charge < -0.3 is 0 Å². The molecule has 3 rings (SSSR count). The first-order chi connectivity index (χ1) is 9.58. The van der Waals surface area contributed by atoms with Gasteiger partial charge in [-0.3, -0.25) is 9.78 Å². The summed E-state index contributed by atoms with van der Waals surface area (Å²) in [5.41, 5.74) is 2.26. The van der Waals surface area contributed by atoms with E-state index in [-0.39, 0.29) is 11.3 Å². The van der Waals surface area contributed by atoms with Gasteiger partial charge in [0.05, 0.1) is 5.52 Å². The van der Waals surface area contributed by atoms with Gasteiger partial charge in [-0.05, 0) is 36.0 Å². The minimum Gasteiger partial charge on any atom is -0.299 e. The highest BCUT2D eigenvalue weighted by Crippen LogP contribution is 2.43. The number of hydrogen-bond donors (Lipinski definition) is 0. The van der Waals surface area contributed by atoms with Crippen LogP contribution >= 0.6 is 0 Å². The van der Waals surface area contributed by atoms with Crippen LogP contribution in [0.4, 0.5) is 0 Å². The zero-order chi connectivity index (χ0) is 14.2. The second kappa shape index (κ2) is 5.01. The lowest BCUT2D eigenvalue weighted by atomic mass is 9.78. The van der Waals surface area contributed by atoms with Gasteiger partial charge in [-0.15, -0.1) is 0 Å². The molecule has 0 bridgehead atoms. The average molecular weight is 267 g/mol. The Hall–Kier alpha value is -1.70. The molecular formula is C18H21NO. The normalized spacial score (nSPS) is 21.2. The van der Waals surface area contributed by atoms with Gasteiger partial charge in [0.1, 0.15) is 5.78 Å². The zero-order valence-corrected chi connectivity index (χ0v) is 12.2. The first-order valence-electron chi connectivity index (χ1n) is 7.43. The number of rotatable bonds is 3. The Labute approximate surface area is 120 Å². The van der Waals surface area contributed by atoms with E-state index in [0.717, 1.165) is 22.9 Å². The summed E-state index contributed by atoms with van der Waals surface area (Å²) < 4.78 is 0.